The zero-order valence-electron chi connectivity index (χ0n) is 11.5. The minimum atomic E-state index is 0.640. The van der Waals surface area contributed by atoms with Gasteiger partial charge in [0.05, 0.1) is 0 Å². The van der Waals surface area contributed by atoms with Crippen LogP contribution in [0.2, 0.25) is 0 Å². The van der Waals surface area contributed by atoms with Gasteiger partial charge in [0.25, 0.3) is 0 Å². The number of hydrogen-bond donors (Lipinski definition) is 1. The van der Waals surface area contributed by atoms with Crippen LogP contribution in [-0.2, 0) is 0 Å². The van der Waals surface area contributed by atoms with E-state index in [0.29, 0.717) is 12.1 Å². The largest absolute Gasteiger partial charge is 0.314 e. The van der Waals surface area contributed by atoms with Crippen molar-refractivity contribution in [3.05, 3.63) is 0 Å². The Kier molecular flexibility index (Phi) is 6.32. The van der Waals surface area contributed by atoms with Crippen molar-refractivity contribution in [1.29, 1.82) is 0 Å². The fourth-order valence-corrected chi connectivity index (χ4v) is 2.60. The summed E-state index contributed by atoms with van der Waals surface area (Å²) in [6, 6.07) is 1.35. The van der Waals surface area contributed by atoms with Crippen LogP contribution in [0.3, 0.4) is 0 Å². The molecule has 1 fully saturated rings. The maximum Gasteiger partial charge on any atom is 0.0112 e. The Balaban J connectivity index is 2.31. The van der Waals surface area contributed by atoms with Gasteiger partial charge in [-0.3, -0.25) is 4.90 Å². The summed E-state index contributed by atoms with van der Waals surface area (Å²) in [7, 11) is 2.23. The van der Waals surface area contributed by atoms with Crippen LogP contribution in [0, 0.1) is 0 Å². The standard InChI is InChI=1S/C13H29N3/c1-5-14-12(2)11-13(3)16-8-6-7-15(4)9-10-16/h12-14H,5-11H2,1-4H3. The van der Waals surface area contributed by atoms with Gasteiger partial charge in [0, 0.05) is 25.2 Å². The maximum atomic E-state index is 3.50. The van der Waals surface area contributed by atoms with E-state index in [1.807, 2.05) is 0 Å². The Labute approximate surface area is 101 Å². The van der Waals surface area contributed by atoms with Gasteiger partial charge in [-0.15, -0.1) is 0 Å². The molecule has 2 unspecified atom stereocenters. The molecule has 1 aliphatic heterocycles. The molecule has 0 aromatic rings. The lowest BCUT2D eigenvalue weighted by Crippen LogP contribution is -2.40. The zero-order chi connectivity index (χ0) is 12.0. The van der Waals surface area contributed by atoms with E-state index in [1.165, 1.54) is 39.0 Å². The summed E-state index contributed by atoms with van der Waals surface area (Å²) in [5.41, 5.74) is 0. The SMILES string of the molecule is CCNC(C)CC(C)N1CCCN(C)CC1. The van der Waals surface area contributed by atoms with E-state index in [1.54, 1.807) is 0 Å². The summed E-state index contributed by atoms with van der Waals surface area (Å²) >= 11 is 0. The van der Waals surface area contributed by atoms with Gasteiger partial charge in [0.2, 0.25) is 0 Å². The summed E-state index contributed by atoms with van der Waals surface area (Å²) < 4.78 is 0. The molecule has 16 heavy (non-hydrogen) atoms. The molecule has 0 aromatic heterocycles. The van der Waals surface area contributed by atoms with E-state index in [2.05, 4.69) is 42.9 Å². The van der Waals surface area contributed by atoms with E-state index in [0.717, 1.165) is 6.54 Å². The summed E-state index contributed by atoms with van der Waals surface area (Å²) in [6.45, 7) is 12.9. The van der Waals surface area contributed by atoms with E-state index in [-0.39, 0.29) is 0 Å². The molecule has 2 atom stereocenters. The van der Waals surface area contributed by atoms with Crippen LogP contribution in [0.1, 0.15) is 33.6 Å². The predicted octanol–water partition coefficient (Wildman–Crippen LogP) is 1.40. The number of hydrogen-bond acceptors (Lipinski definition) is 3. The van der Waals surface area contributed by atoms with Gasteiger partial charge in [-0.25, -0.2) is 0 Å². The van der Waals surface area contributed by atoms with Crippen molar-refractivity contribution in [2.24, 2.45) is 0 Å². The third-order valence-corrected chi connectivity index (χ3v) is 3.62. The van der Waals surface area contributed by atoms with Gasteiger partial charge in [-0.05, 0) is 53.4 Å². The van der Waals surface area contributed by atoms with Gasteiger partial charge in [-0.1, -0.05) is 6.92 Å². The van der Waals surface area contributed by atoms with Crippen LogP contribution in [0.25, 0.3) is 0 Å². The molecule has 0 amide bonds. The summed E-state index contributed by atoms with van der Waals surface area (Å²) in [5.74, 6) is 0. The Morgan fingerprint density at radius 3 is 2.56 bits per heavy atom. The van der Waals surface area contributed by atoms with Crippen molar-refractivity contribution in [2.75, 3.05) is 39.8 Å². The summed E-state index contributed by atoms with van der Waals surface area (Å²) in [6.07, 6.45) is 2.58. The highest BCUT2D eigenvalue weighted by atomic mass is 15.2. The van der Waals surface area contributed by atoms with Crippen molar-refractivity contribution >= 4 is 0 Å². The topological polar surface area (TPSA) is 18.5 Å². The molecule has 1 aliphatic rings. The molecule has 96 valence electrons. The van der Waals surface area contributed by atoms with Gasteiger partial charge >= 0.3 is 0 Å². The van der Waals surface area contributed by atoms with Gasteiger partial charge in [0.15, 0.2) is 0 Å². The maximum absolute atomic E-state index is 3.50. The quantitative estimate of drug-likeness (QED) is 0.766. The first-order valence-electron chi connectivity index (χ1n) is 6.79. The van der Waals surface area contributed by atoms with Crippen LogP contribution in [-0.4, -0.2) is 61.7 Å². The van der Waals surface area contributed by atoms with Crippen molar-refractivity contribution < 1.29 is 0 Å². The first kappa shape index (κ1) is 13.9. The highest BCUT2D eigenvalue weighted by Gasteiger charge is 2.18. The minimum Gasteiger partial charge on any atom is -0.314 e. The molecule has 0 saturated carbocycles. The zero-order valence-corrected chi connectivity index (χ0v) is 11.5. The van der Waals surface area contributed by atoms with Crippen LogP contribution in [0.4, 0.5) is 0 Å². The third kappa shape index (κ3) is 4.81. The fourth-order valence-electron chi connectivity index (χ4n) is 2.60. The normalized spacial score (nSPS) is 24.0. The molecular formula is C13H29N3. The lowest BCUT2D eigenvalue weighted by molar-refractivity contribution is 0.194. The van der Waals surface area contributed by atoms with Crippen molar-refractivity contribution in [1.82, 2.24) is 15.1 Å². The molecular weight excluding hydrogens is 198 g/mol. The number of likely N-dealkylation sites (N-methyl/N-ethyl adjacent to an activating group) is 1. The molecule has 0 spiro atoms. The Morgan fingerprint density at radius 1 is 1.12 bits per heavy atom. The van der Waals surface area contributed by atoms with Gasteiger partial charge in [0.1, 0.15) is 0 Å². The first-order chi connectivity index (χ1) is 7.63. The van der Waals surface area contributed by atoms with Crippen molar-refractivity contribution in [2.45, 2.75) is 45.7 Å². The molecule has 3 nitrogen and oxygen atoms in total. The van der Waals surface area contributed by atoms with Gasteiger partial charge < -0.3 is 10.2 Å². The van der Waals surface area contributed by atoms with Crippen LogP contribution >= 0.6 is 0 Å². The molecule has 0 aliphatic carbocycles. The fraction of sp³-hybridized carbons (Fsp3) is 1.00. The second-order valence-corrected chi connectivity index (χ2v) is 5.24. The first-order valence-corrected chi connectivity index (χ1v) is 6.79. The van der Waals surface area contributed by atoms with Crippen molar-refractivity contribution in [3.8, 4) is 0 Å². The second kappa shape index (κ2) is 7.25. The van der Waals surface area contributed by atoms with Crippen LogP contribution < -0.4 is 5.32 Å². The Bertz CT molecular complexity index is 184. The average molecular weight is 227 g/mol. The molecule has 0 bridgehead atoms. The molecule has 1 N–H and O–H groups in total. The molecule has 0 aromatic carbocycles. The summed E-state index contributed by atoms with van der Waals surface area (Å²) in [4.78, 5) is 5.10. The number of nitrogens with one attached hydrogen (secondary N) is 1. The monoisotopic (exact) mass is 227 g/mol. The molecule has 1 rings (SSSR count). The van der Waals surface area contributed by atoms with E-state index >= 15 is 0 Å². The number of rotatable bonds is 5. The molecule has 1 heterocycles. The predicted molar refractivity (Wildman–Crippen MR) is 70.9 cm³/mol. The molecule has 3 heteroatoms. The molecule has 0 radical (unpaired) electrons. The highest BCUT2D eigenvalue weighted by Crippen LogP contribution is 2.10. The Hall–Kier alpha value is -0.120. The van der Waals surface area contributed by atoms with E-state index in [9.17, 15) is 0 Å². The van der Waals surface area contributed by atoms with E-state index in [4.69, 9.17) is 0 Å². The lowest BCUT2D eigenvalue weighted by atomic mass is 10.1. The molecule has 1 saturated heterocycles. The van der Waals surface area contributed by atoms with E-state index < -0.39 is 0 Å². The second-order valence-electron chi connectivity index (χ2n) is 5.24. The average Bonchev–Trinajstić information content (AvgIpc) is 2.43. The highest BCUT2D eigenvalue weighted by molar-refractivity contribution is 4.76. The Morgan fingerprint density at radius 2 is 1.88 bits per heavy atom. The smallest absolute Gasteiger partial charge is 0.0112 e. The minimum absolute atomic E-state index is 0.640. The van der Waals surface area contributed by atoms with Crippen LogP contribution in [0.5, 0.6) is 0 Å². The lowest BCUT2D eigenvalue weighted by Gasteiger charge is -2.29. The van der Waals surface area contributed by atoms with Gasteiger partial charge in [-0.2, -0.15) is 0 Å². The number of nitrogens with zero attached hydrogens (tertiary/aromatic N) is 2. The third-order valence-electron chi connectivity index (χ3n) is 3.62. The van der Waals surface area contributed by atoms with Crippen molar-refractivity contribution in [3.63, 3.8) is 0 Å². The van der Waals surface area contributed by atoms with Crippen LogP contribution in [0.15, 0.2) is 0 Å². The summed E-state index contributed by atoms with van der Waals surface area (Å²) in [5, 5.41) is 3.50.